The van der Waals surface area contributed by atoms with Gasteiger partial charge in [-0.1, -0.05) is 15.9 Å². The van der Waals surface area contributed by atoms with Crippen molar-refractivity contribution in [3.05, 3.63) is 33.8 Å². The highest BCUT2D eigenvalue weighted by Crippen LogP contribution is 2.22. The monoisotopic (exact) mass is 351 g/mol. The summed E-state index contributed by atoms with van der Waals surface area (Å²) in [6.07, 6.45) is 1.10. The van der Waals surface area contributed by atoms with Gasteiger partial charge >= 0.3 is 0 Å². The number of carbonyl (C=O) groups excluding carboxylic acids is 1. The molecule has 3 rings (SSSR count). The van der Waals surface area contributed by atoms with Gasteiger partial charge in [-0.3, -0.25) is 9.69 Å². The molecular formula is C16H22BrN3O. The third-order valence-corrected chi connectivity index (χ3v) is 5.03. The zero-order valence-corrected chi connectivity index (χ0v) is 14.0. The summed E-state index contributed by atoms with van der Waals surface area (Å²) in [5.74, 6) is 0.178. The first-order valence-corrected chi connectivity index (χ1v) is 8.44. The van der Waals surface area contributed by atoms with Crippen molar-refractivity contribution in [1.29, 1.82) is 0 Å². The molecule has 1 N–H and O–H groups in total. The molecule has 0 saturated carbocycles. The Bertz CT molecular complexity index is 528. The fourth-order valence-electron chi connectivity index (χ4n) is 3.31. The summed E-state index contributed by atoms with van der Waals surface area (Å²) in [7, 11) is 0. The minimum absolute atomic E-state index is 0.178. The third kappa shape index (κ3) is 3.30. The quantitative estimate of drug-likeness (QED) is 0.883. The van der Waals surface area contributed by atoms with E-state index in [0.29, 0.717) is 6.04 Å². The molecule has 0 spiro atoms. The molecule has 21 heavy (non-hydrogen) atoms. The topological polar surface area (TPSA) is 35.6 Å². The van der Waals surface area contributed by atoms with Crippen molar-refractivity contribution in [3.8, 4) is 0 Å². The first-order chi connectivity index (χ1) is 10.1. The van der Waals surface area contributed by atoms with Gasteiger partial charge in [0.1, 0.15) is 0 Å². The molecule has 0 aromatic heterocycles. The molecule has 0 bridgehead atoms. The Morgan fingerprint density at radius 3 is 2.76 bits per heavy atom. The van der Waals surface area contributed by atoms with Crippen molar-refractivity contribution >= 4 is 21.8 Å². The molecular weight excluding hydrogens is 330 g/mol. The number of carbonyl (C=O) groups is 1. The van der Waals surface area contributed by atoms with E-state index in [9.17, 15) is 4.79 Å². The SMILES string of the molecule is Cc1cc(Br)ccc1C(=O)N1CCC(N2CCNCC2)C1. The number of hydrogen-bond donors (Lipinski definition) is 1. The van der Waals surface area contributed by atoms with E-state index in [1.165, 1.54) is 0 Å². The maximum Gasteiger partial charge on any atom is 0.254 e. The van der Waals surface area contributed by atoms with Gasteiger partial charge in [-0.15, -0.1) is 0 Å². The zero-order chi connectivity index (χ0) is 14.8. The second-order valence-corrected chi connectivity index (χ2v) is 6.85. The molecule has 1 atom stereocenters. The molecule has 2 fully saturated rings. The minimum atomic E-state index is 0.178. The van der Waals surface area contributed by atoms with E-state index in [1.807, 2.05) is 30.0 Å². The first-order valence-electron chi connectivity index (χ1n) is 7.65. The Kier molecular flexibility index (Phi) is 4.62. The van der Waals surface area contributed by atoms with Crippen molar-refractivity contribution in [2.24, 2.45) is 0 Å². The van der Waals surface area contributed by atoms with Crippen LogP contribution in [0.2, 0.25) is 0 Å². The van der Waals surface area contributed by atoms with Gasteiger partial charge in [0.15, 0.2) is 0 Å². The standard InChI is InChI=1S/C16H22BrN3O/c1-12-10-13(17)2-3-15(12)16(21)20-7-4-14(11-20)19-8-5-18-6-9-19/h2-3,10,14,18H,4-9,11H2,1H3. The Balaban J connectivity index is 1.66. The van der Waals surface area contributed by atoms with Crippen molar-refractivity contribution < 1.29 is 4.79 Å². The number of halogens is 1. The lowest BCUT2D eigenvalue weighted by Gasteiger charge is -2.32. The fraction of sp³-hybridized carbons (Fsp3) is 0.562. The third-order valence-electron chi connectivity index (χ3n) is 4.54. The van der Waals surface area contributed by atoms with Crippen LogP contribution in [0.1, 0.15) is 22.3 Å². The Morgan fingerprint density at radius 1 is 1.29 bits per heavy atom. The Hall–Kier alpha value is -0.910. The second-order valence-electron chi connectivity index (χ2n) is 5.94. The van der Waals surface area contributed by atoms with Crippen LogP contribution in [0, 0.1) is 6.92 Å². The lowest BCUT2D eigenvalue weighted by molar-refractivity contribution is 0.0773. The number of benzene rings is 1. The number of nitrogens with one attached hydrogen (secondary N) is 1. The number of amides is 1. The molecule has 2 saturated heterocycles. The van der Waals surface area contributed by atoms with E-state index in [0.717, 1.165) is 61.3 Å². The molecule has 0 aliphatic carbocycles. The predicted octanol–water partition coefficient (Wildman–Crippen LogP) is 1.88. The summed E-state index contributed by atoms with van der Waals surface area (Å²) in [5, 5.41) is 3.38. The smallest absolute Gasteiger partial charge is 0.254 e. The summed E-state index contributed by atoms with van der Waals surface area (Å²) < 4.78 is 1.02. The molecule has 1 unspecified atom stereocenters. The largest absolute Gasteiger partial charge is 0.337 e. The molecule has 2 aliphatic rings. The maximum atomic E-state index is 12.7. The maximum absolute atomic E-state index is 12.7. The highest BCUT2D eigenvalue weighted by Gasteiger charge is 2.31. The Morgan fingerprint density at radius 2 is 2.05 bits per heavy atom. The van der Waals surface area contributed by atoms with E-state index in [4.69, 9.17) is 0 Å². The molecule has 4 nitrogen and oxygen atoms in total. The van der Waals surface area contributed by atoms with Gasteiger partial charge in [-0.05, 0) is 37.1 Å². The van der Waals surface area contributed by atoms with E-state index in [1.54, 1.807) is 0 Å². The van der Waals surface area contributed by atoms with Crippen LogP contribution in [0.15, 0.2) is 22.7 Å². The summed E-state index contributed by atoms with van der Waals surface area (Å²) in [6.45, 7) is 8.08. The van der Waals surface area contributed by atoms with Crippen molar-refractivity contribution in [1.82, 2.24) is 15.1 Å². The molecule has 1 amide bonds. The van der Waals surface area contributed by atoms with Gasteiger partial charge < -0.3 is 10.2 Å². The van der Waals surface area contributed by atoms with E-state index in [-0.39, 0.29) is 5.91 Å². The number of piperazine rings is 1. The van der Waals surface area contributed by atoms with Gasteiger partial charge in [0.05, 0.1) is 0 Å². The average molecular weight is 352 g/mol. The highest BCUT2D eigenvalue weighted by atomic mass is 79.9. The number of rotatable bonds is 2. The van der Waals surface area contributed by atoms with Gasteiger partial charge in [0.25, 0.3) is 5.91 Å². The average Bonchev–Trinajstić information content (AvgIpc) is 2.97. The number of nitrogens with zero attached hydrogens (tertiary/aromatic N) is 2. The van der Waals surface area contributed by atoms with Crippen LogP contribution in [-0.4, -0.2) is 61.0 Å². The van der Waals surface area contributed by atoms with Crippen LogP contribution in [0.5, 0.6) is 0 Å². The lowest BCUT2D eigenvalue weighted by atomic mass is 10.1. The number of aryl methyl sites for hydroxylation is 1. The van der Waals surface area contributed by atoms with Crippen molar-refractivity contribution in [2.75, 3.05) is 39.3 Å². The second kappa shape index (κ2) is 6.46. The summed E-state index contributed by atoms with van der Waals surface area (Å²) in [5.41, 5.74) is 1.87. The molecule has 0 radical (unpaired) electrons. The van der Waals surface area contributed by atoms with Crippen molar-refractivity contribution in [3.63, 3.8) is 0 Å². The number of likely N-dealkylation sites (tertiary alicyclic amines) is 1. The van der Waals surface area contributed by atoms with Gasteiger partial charge in [0, 0.05) is 55.3 Å². The molecule has 2 aliphatic heterocycles. The van der Waals surface area contributed by atoms with Crippen LogP contribution in [0.3, 0.4) is 0 Å². The van der Waals surface area contributed by atoms with Crippen LogP contribution >= 0.6 is 15.9 Å². The van der Waals surface area contributed by atoms with E-state index < -0.39 is 0 Å². The molecule has 2 heterocycles. The van der Waals surface area contributed by atoms with Crippen LogP contribution in [0.25, 0.3) is 0 Å². The van der Waals surface area contributed by atoms with Crippen LogP contribution < -0.4 is 5.32 Å². The summed E-state index contributed by atoms with van der Waals surface area (Å²) in [6, 6.07) is 6.42. The van der Waals surface area contributed by atoms with Gasteiger partial charge in [-0.2, -0.15) is 0 Å². The van der Waals surface area contributed by atoms with Crippen LogP contribution in [-0.2, 0) is 0 Å². The van der Waals surface area contributed by atoms with Crippen molar-refractivity contribution in [2.45, 2.75) is 19.4 Å². The van der Waals surface area contributed by atoms with E-state index >= 15 is 0 Å². The van der Waals surface area contributed by atoms with Gasteiger partial charge in [0.2, 0.25) is 0 Å². The molecule has 1 aromatic rings. The number of hydrogen-bond acceptors (Lipinski definition) is 3. The predicted molar refractivity (Wildman–Crippen MR) is 87.6 cm³/mol. The highest BCUT2D eigenvalue weighted by molar-refractivity contribution is 9.10. The van der Waals surface area contributed by atoms with E-state index in [2.05, 4.69) is 26.1 Å². The summed E-state index contributed by atoms with van der Waals surface area (Å²) in [4.78, 5) is 17.2. The normalized spacial score (nSPS) is 23.5. The molecule has 1 aromatic carbocycles. The Labute approximate surface area is 134 Å². The fourth-order valence-corrected chi connectivity index (χ4v) is 3.78. The first kappa shape index (κ1) is 15.0. The molecule has 114 valence electrons. The molecule has 5 heteroatoms. The lowest BCUT2D eigenvalue weighted by Crippen LogP contribution is -2.49. The zero-order valence-electron chi connectivity index (χ0n) is 12.4. The van der Waals surface area contributed by atoms with Crippen LogP contribution in [0.4, 0.5) is 0 Å². The summed E-state index contributed by atoms with van der Waals surface area (Å²) >= 11 is 3.45. The minimum Gasteiger partial charge on any atom is -0.337 e. The van der Waals surface area contributed by atoms with Gasteiger partial charge in [-0.25, -0.2) is 0 Å².